The second-order valence-electron chi connectivity index (χ2n) is 5.10. The van der Waals surface area contributed by atoms with Crippen molar-refractivity contribution in [2.24, 2.45) is 0 Å². The van der Waals surface area contributed by atoms with Crippen LogP contribution in [0, 0.1) is 6.92 Å². The van der Waals surface area contributed by atoms with Gasteiger partial charge in [-0.05, 0) is 35.8 Å². The van der Waals surface area contributed by atoms with Crippen molar-refractivity contribution in [2.75, 3.05) is 24.7 Å². The first kappa shape index (κ1) is 14.4. The molecule has 0 unspecified atom stereocenters. The lowest BCUT2D eigenvalue weighted by Crippen LogP contribution is -2.50. The third kappa shape index (κ3) is 2.42. The van der Waals surface area contributed by atoms with Crippen molar-refractivity contribution in [3.8, 4) is 5.75 Å². The molecule has 0 amide bonds. The summed E-state index contributed by atoms with van der Waals surface area (Å²) < 4.78 is 13.6. The van der Waals surface area contributed by atoms with Gasteiger partial charge in [-0.3, -0.25) is 4.79 Å². The van der Waals surface area contributed by atoms with E-state index < -0.39 is 0 Å². The number of nitrogens with zero attached hydrogens (tertiary/aromatic N) is 2. The minimum Gasteiger partial charge on any atom is -0.428 e. The topological polar surface area (TPSA) is 43.2 Å². The number of likely N-dealkylation sites (N-methyl/N-ethyl adjacent to an activating group) is 1. The van der Waals surface area contributed by atoms with Crippen LogP contribution in [0.25, 0.3) is 5.52 Å². The van der Waals surface area contributed by atoms with E-state index in [4.69, 9.17) is 9.47 Å². The van der Waals surface area contributed by atoms with Crippen LogP contribution in [0.3, 0.4) is 0 Å². The summed E-state index contributed by atoms with van der Waals surface area (Å²) in [5, 5.41) is 0. The smallest absolute Gasteiger partial charge is 0.298 e. The van der Waals surface area contributed by atoms with E-state index >= 15 is 0 Å². The fraction of sp³-hybridized carbons (Fsp3) is 0.400. The number of hydrogen-bond acceptors (Lipinski definition) is 4. The summed E-state index contributed by atoms with van der Waals surface area (Å²) in [6.07, 6.45) is 2.03. The highest BCUT2D eigenvalue weighted by Crippen LogP contribution is 2.34. The first-order valence-electron chi connectivity index (χ1n) is 6.91. The van der Waals surface area contributed by atoms with Crippen LogP contribution in [-0.2, 0) is 9.53 Å². The number of carbonyl (C=O) groups excluding carboxylic acids is 1. The highest BCUT2D eigenvalue weighted by Gasteiger charge is 2.28. The molecule has 2 aromatic heterocycles. The van der Waals surface area contributed by atoms with Crippen LogP contribution in [0.2, 0.25) is 0 Å². The number of anilines is 1. The quantitative estimate of drug-likeness (QED) is 0.776. The Morgan fingerprint density at radius 2 is 2.29 bits per heavy atom. The molecule has 0 atom stereocenters. The van der Waals surface area contributed by atoms with Gasteiger partial charge in [0.05, 0.1) is 24.8 Å². The van der Waals surface area contributed by atoms with Crippen molar-refractivity contribution in [2.45, 2.75) is 19.9 Å². The first-order valence-corrected chi connectivity index (χ1v) is 7.71. The zero-order valence-corrected chi connectivity index (χ0v) is 13.6. The van der Waals surface area contributed by atoms with Gasteiger partial charge in [0.25, 0.3) is 6.47 Å². The Labute approximate surface area is 131 Å². The predicted molar refractivity (Wildman–Crippen MR) is 84.2 cm³/mol. The largest absolute Gasteiger partial charge is 0.428 e. The second kappa shape index (κ2) is 5.69. The van der Waals surface area contributed by atoms with Crippen molar-refractivity contribution in [3.05, 3.63) is 28.4 Å². The van der Waals surface area contributed by atoms with Gasteiger partial charge in [-0.15, -0.1) is 0 Å². The number of ether oxygens (including phenoxy) is 2. The number of fused-ring (bicyclic) bond motifs is 1. The van der Waals surface area contributed by atoms with Gasteiger partial charge in [-0.1, -0.05) is 0 Å². The molecule has 112 valence electrons. The van der Waals surface area contributed by atoms with Gasteiger partial charge in [0.1, 0.15) is 11.6 Å². The highest BCUT2D eigenvalue weighted by atomic mass is 79.9. The molecule has 1 aliphatic rings. The van der Waals surface area contributed by atoms with Crippen molar-refractivity contribution < 1.29 is 14.3 Å². The SMILES string of the molecule is CCN(c1c(C)c(OC=O)cc2cc(Br)cn12)C1COC1. The Morgan fingerprint density at radius 3 is 2.86 bits per heavy atom. The van der Waals surface area contributed by atoms with Gasteiger partial charge in [-0.2, -0.15) is 0 Å². The van der Waals surface area contributed by atoms with Crippen molar-refractivity contribution in [1.29, 1.82) is 0 Å². The number of aromatic nitrogens is 1. The van der Waals surface area contributed by atoms with Crippen molar-refractivity contribution in [3.63, 3.8) is 0 Å². The molecule has 0 spiro atoms. The molecule has 3 rings (SSSR count). The van der Waals surface area contributed by atoms with Crippen LogP contribution < -0.4 is 9.64 Å². The molecule has 6 heteroatoms. The maximum absolute atomic E-state index is 10.7. The standard InChI is InChI=1S/C15H17BrN2O3/c1-3-17(13-7-20-8-13)15-10(2)14(21-9-19)5-12-4-11(16)6-18(12)15/h4-6,9,13H,3,7-8H2,1-2H3. The minimum absolute atomic E-state index is 0.365. The van der Waals surface area contributed by atoms with E-state index in [1.54, 1.807) is 0 Å². The van der Waals surface area contributed by atoms with Gasteiger partial charge in [0, 0.05) is 28.8 Å². The van der Waals surface area contributed by atoms with Crippen molar-refractivity contribution in [1.82, 2.24) is 4.40 Å². The summed E-state index contributed by atoms with van der Waals surface area (Å²) in [7, 11) is 0. The summed E-state index contributed by atoms with van der Waals surface area (Å²) in [6.45, 7) is 6.90. The molecular formula is C15H17BrN2O3. The van der Waals surface area contributed by atoms with Gasteiger partial charge in [-0.25, -0.2) is 0 Å². The van der Waals surface area contributed by atoms with E-state index in [1.807, 2.05) is 25.3 Å². The summed E-state index contributed by atoms with van der Waals surface area (Å²) in [5.74, 6) is 1.64. The number of hydrogen-bond donors (Lipinski definition) is 0. The third-order valence-corrected chi connectivity index (χ3v) is 4.31. The first-order chi connectivity index (χ1) is 10.2. The number of halogens is 1. The number of rotatable bonds is 5. The van der Waals surface area contributed by atoms with Crippen LogP contribution >= 0.6 is 15.9 Å². The lowest BCUT2D eigenvalue weighted by atomic mass is 10.1. The molecule has 5 nitrogen and oxygen atoms in total. The third-order valence-electron chi connectivity index (χ3n) is 3.88. The Bertz CT molecular complexity index is 679. The fourth-order valence-corrected chi connectivity index (χ4v) is 3.23. The van der Waals surface area contributed by atoms with Crippen LogP contribution in [0.5, 0.6) is 5.75 Å². The molecule has 3 heterocycles. The van der Waals surface area contributed by atoms with Crippen LogP contribution in [0.1, 0.15) is 12.5 Å². The second-order valence-corrected chi connectivity index (χ2v) is 6.02. The number of pyridine rings is 1. The molecule has 1 saturated heterocycles. The van der Waals surface area contributed by atoms with Gasteiger partial charge < -0.3 is 18.8 Å². The molecule has 21 heavy (non-hydrogen) atoms. The molecule has 2 aromatic rings. The van der Waals surface area contributed by atoms with Crippen molar-refractivity contribution >= 4 is 33.7 Å². The minimum atomic E-state index is 0.365. The van der Waals surface area contributed by atoms with E-state index in [0.29, 0.717) is 18.3 Å². The van der Waals surface area contributed by atoms with Gasteiger partial charge in [0.2, 0.25) is 0 Å². The molecule has 0 N–H and O–H groups in total. The Morgan fingerprint density at radius 1 is 1.52 bits per heavy atom. The monoisotopic (exact) mass is 352 g/mol. The van der Waals surface area contributed by atoms with E-state index in [9.17, 15) is 4.79 Å². The normalized spacial score (nSPS) is 15.0. The maximum atomic E-state index is 10.7. The van der Waals surface area contributed by atoms with Gasteiger partial charge >= 0.3 is 0 Å². The molecule has 0 saturated carbocycles. The van der Waals surface area contributed by atoms with E-state index in [-0.39, 0.29) is 0 Å². The Kier molecular flexibility index (Phi) is 3.91. The molecular weight excluding hydrogens is 336 g/mol. The summed E-state index contributed by atoms with van der Waals surface area (Å²) in [5.41, 5.74) is 1.93. The van der Waals surface area contributed by atoms with E-state index in [0.717, 1.165) is 41.1 Å². The molecule has 0 radical (unpaired) electrons. The highest BCUT2D eigenvalue weighted by molar-refractivity contribution is 9.10. The molecule has 0 bridgehead atoms. The lowest BCUT2D eigenvalue weighted by Gasteiger charge is -2.39. The predicted octanol–water partition coefficient (Wildman–Crippen LogP) is 2.77. The Balaban J connectivity index is 2.21. The van der Waals surface area contributed by atoms with Crippen LogP contribution in [-0.4, -0.2) is 36.7 Å². The zero-order chi connectivity index (χ0) is 15.0. The maximum Gasteiger partial charge on any atom is 0.298 e. The van der Waals surface area contributed by atoms with Crippen LogP contribution in [0.15, 0.2) is 22.8 Å². The summed E-state index contributed by atoms with van der Waals surface area (Å²) >= 11 is 3.51. The van der Waals surface area contributed by atoms with E-state index in [1.165, 1.54) is 0 Å². The summed E-state index contributed by atoms with van der Waals surface area (Å²) in [6, 6.07) is 4.25. The average molecular weight is 353 g/mol. The molecule has 0 aromatic carbocycles. The number of carbonyl (C=O) groups is 1. The average Bonchev–Trinajstić information content (AvgIpc) is 2.76. The lowest BCUT2D eigenvalue weighted by molar-refractivity contribution is -0.120. The fourth-order valence-electron chi connectivity index (χ4n) is 2.79. The zero-order valence-electron chi connectivity index (χ0n) is 12.0. The molecule has 0 aliphatic carbocycles. The van der Waals surface area contributed by atoms with E-state index in [2.05, 4.69) is 32.2 Å². The van der Waals surface area contributed by atoms with Crippen LogP contribution in [0.4, 0.5) is 5.82 Å². The molecule has 1 aliphatic heterocycles. The Hall–Kier alpha value is -1.53. The summed E-state index contributed by atoms with van der Waals surface area (Å²) in [4.78, 5) is 13.0. The van der Waals surface area contributed by atoms with Gasteiger partial charge in [0.15, 0.2) is 0 Å². The molecule has 1 fully saturated rings.